The molecule has 0 bridgehead atoms. The number of nitrogens with zero attached hydrogens (tertiary/aromatic N) is 2. The number of hydrogen-bond acceptors (Lipinski definition) is 1. The summed E-state index contributed by atoms with van der Waals surface area (Å²) in [5.41, 5.74) is 13.5. The van der Waals surface area contributed by atoms with Crippen molar-refractivity contribution in [3.8, 4) is 33.6 Å². The predicted octanol–water partition coefficient (Wildman–Crippen LogP) is 14.3. The van der Waals surface area contributed by atoms with Gasteiger partial charge in [-0.15, -0.1) is 0 Å². The van der Waals surface area contributed by atoms with Crippen LogP contribution < -0.4 is 0 Å². The zero-order valence-electron chi connectivity index (χ0n) is 29.8. The van der Waals surface area contributed by atoms with Gasteiger partial charge in [0, 0.05) is 49.8 Å². The van der Waals surface area contributed by atoms with Crippen LogP contribution >= 0.6 is 0 Å². The average Bonchev–Trinajstić information content (AvgIpc) is 3.90. The van der Waals surface area contributed by atoms with E-state index in [0.717, 1.165) is 38.8 Å². The highest BCUT2D eigenvalue weighted by atomic mass is 16.3. The van der Waals surface area contributed by atoms with Crippen molar-refractivity contribution in [1.29, 1.82) is 0 Å². The first-order valence-electron chi connectivity index (χ1n) is 18.8. The Hall–Kier alpha value is -7.36. The zero-order valence-corrected chi connectivity index (χ0v) is 29.8. The van der Waals surface area contributed by atoms with Crippen LogP contribution in [0.15, 0.2) is 199 Å². The SMILES string of the molecule is c1ccc(-c2ccc(-n3c4cc5oc6ccccc6c5cc4c4c5c6ccccc6n(-c6cc(-c7ccccc7)c7ccccc7c6)c5ccc43)cc2)cc1. The van der Waals surface area contributed by atoms with Gasteiger partial charge in [0.15, 0.2) is 0 Å². The number of aromatic nitrogens is 2. The lowest BCUT2D eigenvalue weighted by molar-refractivity contribution is 0.669. The number of hydrogen-bond donors (Lipinski definition) is 0. The summed E-state index contributed by atoms with van der Waals surface area (Å²) >= 11 is 0. The Labute approximate surface area is 316 Å². The summed E-state index contributed by atoms with van der Waals surface area (Å²) < 4.78 is 11.4. The molecule has 0 fully saturated rings. The Morgan fingerprint density at radius 3 is 1.69 bits per heavy atom. The van der Waals surface area contributed by atoms with E-state index in [0.29, 0.717) is 0 Å². The molecule has 0 aliphatic carbocycles. The molecule has 9 aromatic carbocycles. The monoisotopic (exact) mass is 700 g/mol. The number of benzene rings is 9. The number of rotatable bonds is 4. The van der Waals surface area contributed by atoms with E-state index < -0.39 is 0 Å². The molecule has 0 amide bonds. The summed E-state index contributed by atoms with van der Waals surface area (Å²) in [5.74, 6) is 0. The van der Waals surface area contributed by atoms with E-state index in [1.165, 1.54) is 71.1 Å². The quantitative estimate of drug-likeness (QED) is 0.179. The second kappa shape index (κ2) is 11.6. The smallest absolute Gasteiger partial charge is 0.137 e. The van der Waals surface area contributed by atoms with Crippen LogP contribution in [0.2, 0.25) is 0 Å². The molecule has 3 heteroatoms. The van der Waals surface area contributed by atoms with Crippen molar-refractivity contribution in [3.05, 3.63) is 194 Å². The minimum atomic E-state index is 0.891. The van der Waals surface area contributed by atoms with Crippen LogP contribution in [0.25, 0.3) is 110 Å². The van der Waals surface area contributed by atoms with Crippen molar-refractivity contribution in [2.75, 3.05) is 0 Å². The summed E-state index contributed by atoms with van der Waals surface area (Å²) in [5, 5.41) is 9.65. The van der Waals surface area contributed by atoms with Gasteiger partial charge in [0.2, 0.25) is 0 Å². The van der Waals surface area contributed by atoms with Crippen molar-refractivity contribution in [3.63, 3.8) is 0 Å². The summed E-state index contributed by atoms with van der Waals surface area (Å²) in [4.78, 5) is 0. The molecule has 256 valence electrons. The summed E-state index contributed by atoms with van der Waals surface area (Å²) in [7, 11) is 0. The zero-order chi connectivity index (χ0) is 36.0. The van der Waals surface area contributed by atoms with Gasteiger partial charge in [0.05, 0.1) is 22.1 Å². The van der Waals surface area contributed by atoms with Gasteiger partial charge in [0.25, 0.3) is 0 Å². The van der Waals surface area contributed by atoms with Gasteiger partial charge < -0.3 is 13.6 Å². The first-order valence-corrected chi connectivity index (χ1v) is 18.8. The van der Waals surface area contributed by atoms with Crippen LogP contribution in [-0.4, -0.2) is 9.13 Å². The molecule has 0 unspecified atom stereocenters. The lowest BCUT2D eigenvalue weighted by atomic mass is 9.97. The third kappa shape index (κ3) is 4.44. The van der Waals surface area contributed by atoms with Crippen molar-refractivity contribution < 1.29 is 4.42 Å². The van der Waals surface area contributed by atoms with E-state index in [2.05, 4.69) is 197 Å². The van der Waals surface area contributed by atoms with Gasteiger partial charge in [-0.3, -0.25) is 0 Å². The standard InChI is InChI=1S/C52H32N2O/c1-3-13-33(14-4-1)34-23-25-37(26-24-34)53-47-28-27-46-51(52(47)44-31-43-40-19-10-12-22-49(40)55-50(43)32-48(44)53)41-20-9-11-21-45(41)54(46)38-29-36-17-7-8-18-39(36)42(30-38)35-15-5-2-6-16-35/h1-32H. The maximum absolute atomic E-state index is 6.51. The Balaban J connectivity index is 1.20. The van der Waals surface area contributed by atoms with Crippen molar-refractivity contribution in [2.24, 2.45) is 0 Å². The average molecular weight is 701 g/mol. The van der Waals surface area contributed by atoms with E-state index in [9.17, 15) is 0 Å². The topological polar surface area (TPSA) is 23.0 Å². The number of para-hydroxylation sites is 2. The highest BCUT2D eigenvalue weighted by Crippen LogP contribution is 2.45. The molecule has 12 aromatic rings. The van der Waals surface area contributed by atoms with E-state index in [4.69, 9.17) is 4.42 Å². The molecule has 3 heterocycles. The minimum Gasteiger partial charge on any atom is -0.456 e. The molecular weight excluding hydrogens is 669 g/mol. The molecule has 0 spiro atoms. The predicted molar refractivity (Wildman–Crippen MR) is 231 cm³/mol. The van der Waals surface area contributed by atoms with E-state index in [1.807, 2.05) is 6.07 Å². The van der Waals surface area contributed by atoms with Crippen LogP contribution in [0.3, 0.4) is 0 Å². The van der Waals surface area contributed by atoms with Gasteiger partial charge in [-0.25, -0.2) is 0 Å². The van der Waals surface area contributed by atoms with E-state index in [-0.39, 0.29) is 0 Å². The minimum absolute atomic E-state index is 0.891. The first-order chi connectivity index (χ1) is 27.3. The number of fused-ring (bicyclic) bond motifs is 11. The van der Waals surface area contributed by atoms with Crippen LogP contribution in [-0.2, 0) is 0 Å². The molecule has 0 saturated heterocycles. The second-order valence-corrected chi connectivity index (χ2v) is 14.5. The lowest BCUT2D eigenvalue weighted by Gasteiger charge is -2.14. The fourth-order valence-electron chi connectivity index (χ4n) is 9.05. The van der Waals surface area contributed by atoms with Crippen LogP contribution in [0.1, 0.15) is 0 Å². The molecular formula is C52H32N2O. The molecule has 0 N–H and O–H groups in total. The maximum atomic E-state index is 6.51. The highest BCUT2D eigenvalue weighted by Gasteiger charge is 2.23. The normalized spacial score (nSPS) is 12.0. The Bertz CT molecular complexity index is 3460. The number of furan rings is 1. The van der Waals surface area contributed by atoms with Gasteiger partial charge in [-0.2, -0.15) is 0 Å². The third-order valence-corrected chi connectivity index (χ3v) is 11.5. The van der Waals surface area contributed by atoms with Gasteiger partial charge in [-0.1, -0.05) is 133 Å². The molecule has 0 radical (unpaired) electrons. The van der Waals surface area contributed by atoms with Gasteiger partial charge in [0.1, 0.15) is 11.2 Å². The third-order valence-electron chi connectivity index (χ3n) is 11.5. The van der Waals surface area contributed by atoms with Gasteiger partial charge in [-0.05, 0) is 87.6 Å². The molecule has 0 atom stereocenters. The van der Waals surface area contributed by atoms with Crippen molar-refractivity contribution in [1.82, 2.24) is 9.13 Å². The van der Waals surface area contributed by atoms with Crippen molar-refractivity contribution >= 4 is 76.3 Å². The van der Waals surface area contributed by atoms with E-state index >= 15 is 0 Å². The molecule has 3 nitrogen and oxygen atoms in total. The molecule has 3 aromatic heterocycles. The molecule has 0 saturated carbocycles. The van der Waals surface area contributed by atoms with Crippen LogP contribution in [0, 0.1) is 0 Å². The van der Waals surface area contributed by atoms with Crippen LogP contribution in [0.5, 0.6) is 0 Å². The Morgan fingerprint density at radius 2 is 0.909 bits per heavy atom. The summed E-state index contributed by atoms with van der Waals surface area (Å²) in [6, 6.07) is 70.2. The first kappa shape index (κ1) is 30.1. The maximum Gasteiger partial charge on any atom is 0.137 e. The largest absolute Gasteiger partial charge is 0.456 e. The molecule has 55 heavy (non-hydrogen) atoms. The summed E-state index contributed by atoms with van der Waals surface area (Å²) in [6.07, 6.45) is 0. The fraction of sp³-hybridized carbons (Fsp3) is 0. The van der Waals surface area contributed by atoms with E-state index in [1.54, 1.807) is 0 Å². The summed E-state index contributed by atoms with van der Waals surface area (Å²) in [6.45, 7) is 0. The van der Waals surface area contributed by atoms with Gasteiger partial charge >= 0.3 is 0 Å². The lowest BCUT2D eigenvalue weighted by Crippen LogP contribution is -1.96. The van der Waals surface area contributed by atoms with Crippen LogP contribution in [0.4, 0.5) is 0 Å². The molecule has 0 aliphatic rings. The molecule has 12 rings (SSSR count). The second-order valence-electron chi connectivity index (χ2n) is 14.5. The molecule has 0 aliphatic heterocycles. The Kier molecular flexibility index (Phi) is 6.34. The van der Waals surface area contributed by atoms with Crippen molar-refractivity contribution in [2.45, 2.75) is 0 Å². The fourth-order valence-corrected chi connectivity index (χ4v) is 9.05. The highest BCUT2D eigenvalue weighted by molar-refractivity contribution is 6.30. The Morgan fingerprint density at radius 1 is 0.309 bits per heavy atom.